The van der Waals surface area contributed by atoms with Gasteiger partial charge in [0, 0.05) is 25.0 Å². The van der Waals surface area contributed by atoms with Gasteiger partial charge in [-0.15, -0.1) is 11.3 Å². The van der Waals surface area contributed by atoms with E-state index in [1.165, 1.54) is 0 Å². The zero-order valence-corrected chi connectivity index (χ0v) is 14.0. The predicted octanol–water partition coefficient (Wildman–Crippen LogP) is 3.26. The lowest BCUT2D eigenvalue weighted by molar-refractivity contribution is -0.143. The second-order valence-electron chi connectivity index (χ2n) is 5.00. The number of anilines is 1. The summed E-state index contributed by atoms with van der Waals surface area (Å²) in [4.78, 5) is 15.7. The molecule has 0 saturated carbocycles. The van der Waals surface area contributed by atoms with E-state index in [1.54, 1.807) is 11.3 Å². The first kappa shape index (κ1) is 17.9. The molecule has 1 aromatic heterocycles. The van der Waals surface area contributed by atoms with Crippen LogP contribution >= 0.6 is 11.3 Å². The minimum atomic E-state index is -0.162. The number of nitrogens with zero attached hydrogens (tertiary/aromatic N) is 1. The number of aryl methyl sites for hydroxylation is 1. The Hall–Kier alpha value is -1.14. The monoisotopic (exact) mass is 314 g/mol. The molecule has 0 bridgehead atoms. The Bertz CT molecular complexity index is 407. The first-order valence-electron chi connectivity index (χ1n) is 7.57. The van der Waals surface area contributed by atoms with Crippen molar-refractivity contribution in [3.8, 4) is 0 Å². The maximum atomic E-state index is 11.3. The van der Waals surface area contributed by atoms with Gasteiger partial charge in [-0.05, 0) is 33.6 Å². The molecule has 0 unspecified atom stereocenters. The van der Waals surface area contributed by atoms with Crippen LogP contribution in [0.15, 0.2) is 5.38 Å². The average molecular weight is 314 g/mol. The van der Waals surface area contributed by atoms with Crippen molar-refractivity contribution in [1.82, 2.24) is 4.98 Å². The molecule has 1 N–H and O–H groups in total. The van der Waals surface area contributed by atoms with Crippen molar-refractivity contribution < 1.29 is 14.3 Å². The van der Waals surface area contributed by atoms with Crippen LogP contribution in [0.1, 0.15) is 45.7 Å². The summed E-state index contributed by atoms with van der Waals surface area (Å²) in [5.41, 5.74) is 0.943. The number of ether oxygens (including phenoxy) is 2. The second kappa shape index (κ2) is 10.6. The molecule has 0 amide bonds. The van der Waals surface area contributed by atoms with Gasteiger partial charge in [-0.25, -0.2) is 4.98 Å². The van der Waals surface area contributed by atoms with Gasteiger partial charge in [-0.2, -0.15) is 0 Å². The smallest absolute Gasteiger partial charge is 0.306 e. The summed E-state index contributed by atoms with van der Waals surface area (Å²) in [7, 11) is 0. The molecule has 6 heteroatoms. The van der Waals surface area contributed by atoms with Gasteiger partial charge in [-0.1, -0.05) is 0 Å². The first-order chi connectivity index (χ1) is 10.1. The Morgan fingerprint density at radius 2 is 2.24 bits per heavy atom. The van der Waals surface area contributed by atoms with Crippen LogP contribution in [0.2, 0.25) is 0 Å². The molecule has 0 aromatic carbocycles. The van der Waals surface area contributed by atoms with Crippen LogP contribution in [0.25, 0.3) is 0 Å². The van der Waals surface area contributed by atoms with Gasteiger partial charge < -0.3 is 14.8 Å². The molecule has 0 spiro atoms. The fourth-order valence-electron chi connectivity index (χ4n) is 1.71. The van der Waals surface area contributed by atoms with Crippen molar-refractivity contribution in [2.75, 3.05) is 25.1 Å². The minimum absolute atomic E-state index is 0.162. The summed E-state index contributed by atoms with van der Waals surface area (Å²) in [5, 5.41) is 6.21. The Kier molecular flexibility index (Phi) is 9.01. The van der Waals surface area contributed by atoms with Crippen LogP contribution in [0.5, 0.6) is 0 Å². The summed E-state index contributed by atoms with van der Waals surface area (Å²) in [6.07, 6.45) is 3.44. The molecule has 0 aliphatic carbocycles. The number of unbranched alkanes of at least 4 members (excludes halogenated alkanes) is 1. The molecule has 120 valence electrons. The van der Waals surface area contributed by atoms with E-state index in [-0.39, 0.29) is 5.97 Å². The predicted molar refractivity (Wildman–Crippen MR) is 85.9 cm³/mol. The highest BCUT2D eigenvalue weighted by Crippen LogP contribution is 2.16. The van der Waals surface area contributed by atoms with Crippen LogP contribution in [0.3, 0.4) is 0 Å². The zero-order chi connectivity index (χ0) is 15.5. The molecular weight excluding hydrogens is 288 g/mol. The molecule has 21 heavy (non-hydrogen) atoms. The molecule has 0 saturated heterocycles. The van der Waals surface area contributed by atoms with Crippen molar-refractivity contribution in [1.29, 1.82) is 0 Å². The summed E-state index contributed by atoms with van der Waals surface area (Å²) in [6, 6.07) is 0. The van der Waals surface area contributed by atoms with Crippen molar-refractivity contribution >= 4 is 22.4 Å². The quantitative estimate of drug-likeness (QED) is 0.502. The Morgan fingerprint density at radius 1 is 1.43 bits per heavy atom. The highest BCUT2D eigenvalue weighted by molar-refractivity contribution is 7.13. The molecule has 0 aliphatic heterocycles. The van der Waals surface area contributed by atoms with Gasteiger partial charge in [-0.3, -0.25) is 4.79 Å². The third kappa shape index (κ3) is 8.67. The molecule has 0 radical (unpaired) electrons. The summed E-state index contributed by atoms with van der Waals surface area (Å²) < 4.78 is 10.4. The van der Waals surface area contributed by atoms with Gasteiger partial charge in [0.2, 0.25) is 0 Å². The lowest BCUT2D eigenvalue weighted by atomic mass is 10.2. The second-order valence-corrected chi connectivity index (χ2v) is 5.86. The fraction of sp³-hybridized carbons (Fsp3) is 0.733. The number of aromatic nitrogens is 1. The van der Waals surface area contributed by atoms with E-state index in [4.69, 9.17) is 9.47 Å². The Labute approximate surface area is 131 Å². The van der Waals surface area contributed by atoms with E-state index in [0.717, 1.165) is 36.8 Å². The standard InChI is InChI=1S/C15H26N2O3S/c1-4-19-14(18)8-7-13-11-21-15(17-13)16-9-5-6-10-20-12(2)3/h11-12H,4-10H2,1-3H3,(H,16,17). The van der Waals surface area contributed by atoms with Crippen LogP contribution < -0.4 is 5.32 Å². The number of esters is 1. The number of hydrogen-bond acceptors (Lipinski definition) is 6. The maximum absolute atomic E-state index is 11.3. The highest BCUT2D eigenvalue weighted by Gasteiger charge is 2.06. The SMILES string of the molecule is CCOC(=O)CCc1csc(NCCCCOC(C)C)n1. The highest BCUT2D eigenvalue weighted by atomic mass is 32.1. The van der Waals surface area contributed by atoms with E-state index >= 15 is 0 Å². The van der Waals surface area contributed by atoms with Crippen LogP contribution in [-0.2, 0) is 20.7 Å². The third-order valence-corrected chi connectivity index (χ3v) is 3.59. The van der Waals surface area contributed by atoms with Gasteiger partial charge in [0.25, 0.3) is 0 Å². The molecule has 0 aliphatic rings. The fourth-order valence-corrected chi connectivity index (χ4v) is 2.48. The number of carbonyl (C=O) groups excluding carboxylic acids is 1. The van der Waals surface area contributed by atoms with Gasteiger partial charge in [0.1, 0.15) is 0 Å². The number of thiazole rings is 1. The lowest BCUT2D eigenvalue weighted by Crippen LogP contribution is -2.07. The van der Waals surface area contributed by atoms with Gasteiger partial charge in [0.15, 0.2) is 5.13 Å². The van der Waals surface area contributed by atoms with Crippen molar-refractivity contribution in [3.63, 3.8) is 0 Å². The van der Waals surface area contributed by atoms with Crippen LogP contribution in [0.4, 0.5) is 5.13 Å². The number of rotatable bonds is 11. The van der Waals surface area contributed by atoms with E-state index in [0.29, 0.717) is 25.6 Å². The van der Waals surface area contributed by atoms with Gasteiger partial charge >= 0.3 is 5.97 Å². The van der Waals surface area contributed by atoms with Gasteiger partial charge in [0.05, 0.1) is 24.8 Å². The molecule has 5 nitrogen and oxygen atoms in total. The molecular formula is C15H26N2O3S. The zero-order valence-electron chi connectivity index (χ0n) is 13.2. The normalized spacial score (nSPS) is 10.9. The molecule has 1 heterocycles. The summed E-state index contributed by atoms with van der Waals surface area (Å²) in [6.45, 7) is 8.05. The summed E-state index contributed by atoms with van der Waals surface area (Å²) >= 11 is 1.58. The first-order valence-corrected chi connectivity index (χ1v) is 8.45. The molecule has 0 fully saturated rings. The molecule has 0 atom stereocenters. The summed E-state index contributed by atoms with van der Waals surface area (Å²) in [5.74, 6) is -0.162. The third-order valence-electron chi connectivity index (χ3n) is 2.74. The Morgan fingerprint density at radius 3 is 2.95 bits per heavy atom. The number of carbonyl (C=O) groups is 1. The van der Waals surface area contributed by atoms with E-state index in [2.05, 4.69) is 10.3 Å². The largest absolute Gasteiger partial charge is 0.466 e. The molecule has 1 rings (SSSR count). The van der Waals surface area contributed by atoms with E-state index < -0.39 is 0 Å². The minimum Gasteiger partial charge on any atom is -0.466 e. The number of hydrogen-bond donors (Lipinski definition) is 1. The topological polar surface area (TPSA) is 60.5 Å². The van der Waals surface area contributed by atoms with Crippen LogP contribution in [-0.4, -0.2) is 36.8 Å². The maximum Gasteiger partial charge on any atom is 0.306 e. The van der Waals surface area contributed by atoms with Crippen molar-refractivity contribution in [2.24, 2.45) is 0 Å². The van der Waals surface area contributed by atoms with E-state index in [1.807, 2.05) is 26.2 Å². The molecule has 1 aromatic rings. The van der Waals surface area contributed by atoms with Crippen molar-refractivity contribution in [3.05, 3.63) is 11.1 Å². The van der Waals surface area contributed by atoms with Crippen LogP contribution in [0, 0.1) is 0 Å². The lowest BCUT2D eigenvalue weighted by Gasteiger charge is -2.07. The Balaban J connectivity index is 2.12. The average Bonchev–Trinajstić information content (AvgIpc) is 2.88. The van der Waals surface area contributed by atoms with E-state index in [9.17, 15) is 4.79 Å². The number of nitrogens with one attached hydrogen (secondary N) is 1. The van der Waals surface area contributed by atoms with Crippen molar-refractivity contribution in [2.45, 2.75) is 52.6 Å².